The van der Waals surface area contributed by atoms with Crippen molar-refractivity contribution in [3.63, 3.8) is 0 Å². The summed E-state index contributed by atoms with van der Waals surface area (Å²) in [6.45, 7) is 0. The number of halogens is 3. The highest BCUT2D eigenvalue weighted by molar-refractivity contribution is 6.32. The topological polar surface area (TPSA) is 49.4 Å². The lowest BCUT2D eigenvalue weighted by molar-refractivity contribution is -0.137. The van der Waals surface area contributed by atoms with Crippen molar-refractivity contribution in [3.05, 3.63) is 95.0 Å². The third kappa shape index (κ3) is 3.25. The van der Waals surface area contributed by atoms with Gasteiger partial charge in [0.1, 0.15) is 11.6 Å². The molecule has 1 saturated heterocycles. The Morgan fingerprint density at radius 2 is 1.52 bits per heavy atom. The minimum absolute atomic E-state index is 0.110. The van der Waals surface area contributed by atoms with Crippen molar-refractivity contribution >= 4 is 34.8 Å². The Morgan fingerprint density at radius 1 is 0.931 bits per heavy atom. The van der Waals surface area contributed by atoms with Gasteiger partial charge in [-0.3, -0.25) is 14.5 Å². The summed E-state index contributed by atoms with van der Waals surface area (Å²) in [5, 5.41) is 3.06. The van der Waals surface area contributed by atoms with Crippen molar-refractivity contribution in [1.82, 2.24) is 0 Å². The van der Waals surface area contributed by atoms with Gasteiger partial charge in [-0.15, -0.1) is 0 Å². The van der Waals surface area contributed by atoms with E-state index < -0.39 is 23.1 Å². The van der Waals surface area contributed by atoms with E-state index in [9.17, 15) is 18.4 Å². The van der Waals surface area contributed by atoms with Crippen molar-refractivity contribution in [2.75, 3.05) is 10.2 Å². The Hall–Kier alpha value is -3.25. The van der Waals surface area contributed by atoms with E-state index >= 15 is 0 Å². The molecule has 0 radical (unpaired) electrons. The first-order valence-corrected chi connectivity index (χ1v) is 9.20. The molecule has 1 unspecified atom stereocenters. The Kier molecular flexibility index (Phi) is 4.80. The van der Waals surface area contributed by atoms with E-state index in [2.05, 4.69) is 5.32 Å². The number of benzene rings is 3. The lowest BCUT2D eigenvalue weighted by Gasteiger charge is -2.51. The van der Waals surface area contributed by atoms with Crippen LogP contribution in [0, 0.1) is 11.6 Å². The first-order chi connectivity index (χ1) is 13.9. The second-order valence-electron chi connectivity index (χ2n) is 6.68. The highest BCUT2D eigenvalue weighted by Gasteiger charge is 2.59. The molecule has 0 aliphatic carbocycles. The van der Waals surface area contributed by atoms with E-state index in [0.717, 1.165) is 0 Å². The van der Waals surface area contributed by atoms with E-state index in [1.54, 1.807) is 24.3 Å². The summed E-state index contributed by atoms with van der Waals surface area (Å²) in [4.78, 5) is 27.3. The number of rotatable bonds is 4. The Bertz CT molecular complexity index is 1090. The van der Waals surface area contributed by atoms with Crippen LogP contribution < -0.4 is 10.2 Å². The molecule has 29 heavy (non-hydrogen) atoms. The monoisotopic (exact) mass is 412 g/mol. The maximum atomic E-state index is 13.4. The molecule has 3 aromatic carbocycles. The van der Waals surface area contributed by atoms with Crippen molar-refractivity contribution in [1.29, 1.82) is 0 Å². The van der Waals surface area contributed by atoms with Crippen molar-refractivity contribution in [3.8, 4) is 0 Å². The first-order valence-electron chi connectivity index (χ1n) is 8.82. The minimum atomic E-state index is -1.42. The van der Waals surface area contributed by atoms with Crippen LogP contribution in [0.3, 0.4) is 0 Å². The van der Waals surface area contributed by atoms with Crippen LogP contribution in [0.4, 0.5) is 20.2 Å². The Morgan fingerprint density at radius 3 is 2.10 bits per heavy atom. The Balaban J connectivity index is 1.81. The van der Waals surface area contributed by atoms with Gasteiger partial charge in [0.05, 0.1) is 6.42 Å². The fourth-order valence-electron chi connectivity index (χ4n) is 3.54. The lowest BCUT2D eigenvalue weighted by Crippen LogP contribution is -2.67. The normalized spacial score (nSPS) is 18.3. The summed E-state index contributed by atoms with van der Waals surface area (Å²) in [6.07, 6.45) is -0.110. The van der Waals surface area contributed by atoms with Crippen LogP contribution in [-0.4, -0.2) is 11.8 Å². The van der Waals surface area contributed by atoms with Gasteiger partial charge in [-0.25, -0.2) is 8.78 Å². The maximum Gasteiger partial charge on any atom is 0.255 e. The molecule has 4 rings (SSSR count). The molecule has 0 spiro atoms. The summed E-state index contributed by atoms with van der Waals surface area (Å²) >= 11 is 6.39. The summed E-state index contributed by atoms with van der Waals surface area (Å²) in [5.74, 6) is -1.69. The largest absolute Gasteiger partial charge is 0.324 e. The van der Waals surface area contributed by atoms with Gasteiger partial charge in [-0.2, -0.15) is 0 Å². The number of amides is 2. The van der Waals surface area contributed by atoms with Crippen molar-refractivity contribution < 1.29 is 18.4 Å². The number of β-lactam (4-membered cyclic amide) rings is 1. The number of nitrogens with one attached hydrogen (secondary N) is 1. The van der Waals surface area contributed by atoms with Gasteiger partial charge in [0, 0.05) is 22.0 Å². The molecule has 0 saturated carbocycles. The molecule has 1 atom stereocenters. The molecule has 2 amide bonds. The second kappa shape index (κ2) is 7.29. The molecule has 0 bridgehead atoms. The van der Waals surface area contributed by atoms with E-state index in [1.165, 1.54) is 53.4 Å². The Labute approximate surface area is 170 Å². The smallest absolute Gasteiger partial charge is 0.255 e. The quantitative estimate of drug-likeness (QED) is 0.620. The summed E-state index contributed by atoms with van der Waals surface area (Å²) in [6, 6.07) is 17.4. The molecular weight excluding hydrogens is 398 g/mol. The number of hydrogen-bond acceptors (Lipinski definition) is 2. The zero-order valence-corrected chi connectivity index (χ0v) is 15.8. The zero-order valence-electron chi connectivity index (χ0n) is 15.0. The van der Waals surface area contributed by atoms with E-state index in [4.69, 9.17) is 11.6 Å². The van der Waals surface area contributed by atoms with E-state index in [1.807, 2.05) is 0 Å². The summed E-state index contributed by atoms with van der Waals surface area (Å²) in [5.41, 5.74) is -0.218. The third-order valence-electron chi connectivity index (χ3n) is 4.92. The molecular formula is C22H15ClF2N2O2. The number of hydrogen-bond donors (Lipinski definition) is 1. The first kappa shape index (κ1) is 19.1. The molecule has 1 aliphatic rings. The van der Waals surface area contributed by atoms with Crippen LogP contribution >= 0.6 is 11.6 Å². The number of carbonyl (C=O) groups excluding carboxylic acids is 2. The highest BCUT2D eigenvalue weighted by atomic mass is 35.5. The van der Waals surface area contributed by atoms with Gasteiger partial charge in [0.25, 0.3) is 5.91 Å². The van der Waals surface area contributed by atoms with Gasteiger partial charge in [-0.05, 0) is 54.6 Å². The molecule has 4 nitrogen and oxygen atoms in total. The average molecular weight is 413 g/mol. The standard InChI is InChI=1S/C22H15ClF2N2O2/c23-19-4-2-1-3-18(19)22(21(29)26-16-9-5-14(24)6-10-16)13-20(28)27(22)17-11-7-15(25)8-12-17/h1-12H,13H2,(H,26,29). The van der Waals surface area contributed by atoms with Crippen LogP contribution in [-0.2, 0) is 15.1 Å². The number of carbonyl (C=O) groups is 2. The third-order valence-corrected chi connectivity index (χ3v) is 5.25. The van der Waals surface area contributed by atoms with E-state index in [-0.39, 0.29) is 12.3 Å². The fourth-order valence-corrected chi connectivity index (χ4v) is 3.83. The van der Waals surface area contributed by atoms with Crippen LogP contribution in [0.5, 0.6) is 0 Å². The molecule has 1 heterocycles. The van der Waals surface area contributed by atoms with Crippen LogP contribution in [0.15, 0.2) is 72.8 Å². The molecule has 3 aromatic rings. The number of nitrogens with zero attached hydrogens (tertiary/aromatic N) is 1. The minimum Gasteiger partial charge on any atom is -0.324 e. The average Bonchev–Trinajstić information content (AvgIpc) is 2.70. The van der Waals surface area contributed by atoms with Gasteiger partial charge in [-0.1, -0.05) is 29.8 Å². The van der Waals surface area contributed by atoms with Gasteiger partial charge in [0.15, 0.2) is 5.54 Å². The summed E-state index contributed by atoms with van der Waals surface area (Å²) in [7, 11) is 0. The highest BCUT2D eigenvalue weighted by Crippen LogP contribution is 2.47. The van der Waals surface area contributed by atoms with Crippen LogP contribution in [0.25, 0.3) is 0 Å². The maximum absolute atomic E-state index is 13.4. The van der Waals surface area contributed by atoms with Gasteiger partial charge >= 0.3 is 0 Å². The van der Waals surface area contributed by atoms with Crippen LogP contribution in [0.2, 0.25) is 5.02 Å². The summed E-state index contributed by atoms with van der Waals surface area (Å²) < 4.78 is 26.6. The SMILES string of the molecule is O=C1CC(C(=O)Nc2ccc(F)cc2)(c2ccccc2Cl)N1c1ccc(F)cc1. The van der Waals surface area contributed by atoms with Crippen molar-refractivity contribution in [2.24, 2.45) is 0 Å². The molecule has 0 aromatic heterocycles. The lowest BCUT2D eigenvalue weighted by atomic mass is 9.76. The van der Waals surface area contributed by atoms with Crippen molar-refractivity contribution in [2.45, 2.75) is 12.0 Å². The van der Waals surface area contributed by atoms with Crippen LogP contribution in [0.1, 0.15) is 12.0 Å². The fraction of sp³-hybridized carbons (Fsp3) is 0.0909. The van der Waals surface area contributed by atoms with Gasteiger partial charge < -0.3 is 5.32 Å². The van der Waals surface area contributed by atoms with E-state index in [0.29, 0.717) is 22.0 Å². The predicted molar refractivity (Wildman–Crippen MR) is 107 cm³/mol. The molecule has 146 valence electrons. The number of anilines is 2. The zero-order chi connectivity index (χ0) is 20.6. The molecule has 1 aliphatic heterocycles. The molecule has 1 N–H and O–H groups in total. The molecule has 7 heteroatoms. The predicted octanol–water partition coefficient (Wildman–Crippen LogP) is 4.89. The van der Waals surface area contributed by atoms with Gasteiger partial charge in [0.2, 0.25) is 5.91 Å². The second-order valence-corrected chi connectivity index (χ2v) is 7.09. The molecule has 1 fully saturated rings.